The van der Waals surface area contributed by atoms with Gasteiger partial charge < -0.3 is 10.1 Å². The molecule has 1 heterocycles. The first-order valence-corrected chi connectivity index (χ1v) is 5.23. The third-order valence-electron chi connectivity index (χ3n) is 2.75. The highest BCUT2D eigenvalue weighted by Crippen LogP contribution is 2.15. The summed E-state index contributed by atoms with van der Waals surface area (Å²) in [6.07, 6.45) is 2.04. The third-order valence-corrected chi connectivity index (χ3v) is 2.75. The quantitative estimate of drug-likeness (QED) is 0.762. The van der Waals surface area contributed by atoms with Crippen molar-refractivity contribution >= 4 is 5.78 Å². The van der Waals surface area contributed by atoms with Crippen molar-refractivity contribution in [3.8, 4) is 5.75 Å². The van der Waals surface area contributed by atoms with E-state index in [-0.39, 0.29) is 11.8 Å². The van der Waals surface area contributed by atoms with E-state index in [2.05, 4.69) is 5.32 Å². The molecular formula is C12H15NO2. The summed E-state index contributed by atoms with van der Waals surface area (Å²) in [7, 11) is 1.62. The topological polar surface area (TPSA) is 38.3 Å². The summed E-state index contributed by atoms with van der Waals surface area (Å²) in [4.78, 5) is 11.9. The normalized spacial score (nSPS) is 20.2. The molecule has 0 aromatic heterocycles. The van der Waals surface area contributed by atoms with E-state index in [4.69, 9.17) is 4.74 Å². The number of carbonyl (C=O) groups excluding carboxylic acids is 1. The molecule has 1 aromatic rings. The summed E-state index contributed by atoms with van der Waals surface area (Å²) in [5.74, 6) is 0.973. The number of Topliss-reactive ketones (excluding diaryl/α,β-unsaturated/α-hetero) is 1. The average Bonchev–Trinajstić information content (AvgIpc) is 2.82. The van der Waals surface area contributed by atoms with Gasteiger partial charge in [0.25, 0.3) is 0 Å². The lowest BCUT2D eigenvalue weighted by atomic mass is 10.0. The molecule has 0 aliphatic carbocycles. The zero-order valence-electron chi connectivity index (χ0n) is 8.82. The fraction of sp³-hybridized carbons (Fsp3) is 0.417. The Hall–Kier alpha value is -1.35. The van der Waals surface area contributed by atoms with Crippen molar-refractivity contribution in [3.63, 3.8) is 0 Å². The van der Waals surface area contributed by atoms with E-state index in [0.717, 1.165) is 30.7 Å². The molecule has 3 heteroatoms. The lowest BCUT2D eigenvalue weighted by molar-refractivity contribution is 0.0952. The van der Waals surface area contributed by atoms with Gasteiger partial charge in [0.05, 0.1) is 13.2 Å². The smallest absolute Gasteiger partial charge is 0.179 e. The van der Waals surface area contributed by atoms with E-state index in [0.29, 0.717) is 0 Å². The molecule has 1 aromatic carbocycles. The monoisotopic (exact) mass is 205 g/mol. The zero-order valence-corrected chi connectivity index (χ0v) is 8.82. The van der Waals surface area contributed by atoms with Gasteiger partial charge in [-0.15, -0.1) is 0 Å². The lowest BCUT2D eigenvalue weighted by Gasteiger charge is -2.09. The van der Waals surface area contributed by atoms with Crippen LogP contribution in [0.4, 0.5) is 0 Å². The molecule has 1 saturated heterocycles. The van der Waals surface area contributed by atoms with E-state index in [1.54, 1.807) is 7.11 Å². The molecule has 0 amide bonds. The van der Waals surface area contributed by atoms with Crippen molar-refractivity contribution < 1.29 is 9.53 Å². The van der Waals surface area contributed by atoms with Crippen LogP contribution in [-0.4, -0.2) is 25.5 Å². The molecule has 1 aliphatic rings. The van der Waals surface area contributed by atoms with Gasteiger partial charge in [-0.05, 0) is 43.7 Å². The zero-order chi connectivity index (χ0) is 10.7. The summed E-state index contributed by atoms with van der Waals surface area (Å²) < 4.78 is 5.05. The second-order valence-corrected chi connectivity index (χ2v) is 3.74. The van der Waals surface area contributed by atoms with Crippen molar-refractivity contribution in [2.45, 2.75) is 18.9 Å². The second kappa shape index (κ2) is 4.45. The molecule has 1 aliphatic heterocycles. The van der Waals surface area contributed by atoms with E-state index in [1.165, 1.54) is 0 Å². The van der Waals surface area contributed by atoms with Crippen LogP contribution < -0.4 is 10.1 Å². The summed E-state index contributed by atoms with van der Waals surface area (Å²) in [6.45, 7) is 0.951. The van der Waals surface area contributed by atoms with Crippen LogP contribution in [0.2, 0.25) is 0 Å². The average molecular weight is 205 g/mol. The van der Waals surface area contributed by atoms with Crippen molar-refractivity contribution in [2.24, 2.45) is 0 Å². The van der Waals surface area contributed by atoms with Gasteiger partial charge in [-0.25, -0.2) is 0 Å². The maximum absolute atomic E-state index is 11.9. The van der Waals surface area contributed by atoms with Crippen LogP contribution >= 0.6 is 0 Å². The highest BCUT2D eigenvalue weighted by molar-refractivity contribution is 6.00. The molecular weight excluding hydrogens is 190 g/mol. The number of ketones is 1. The first kappa shape index (κ1) is 10.2. The molecule has 0 bridgehead atoms. The minimum atomic E-state index is 0.0124. The van der Waals surface area contributed by atoms with E-state index < -0.39 is 0 Å². The van der Waals surface area contributed by atoms with Crippen molar-refractivity contribution in [2.75, 3.05) is 13.7 Å². The molecule has 0 saturated carbocycles. The Balaban J connectivity index is 2.11. The predicted molar refractivity (Wildman–Crippen MR) is 58.3 cm³/mol. The number of nitrogens with one attached hydrogen (secondary N) is 1. The Kier molecular flexibility index (Phi) is 3.02. The number of benzene rings is 1. The summed E-state index contributed by atoms with van der Waals surface area (Å²) >= 11 is 0. The number of hydrogen-bond donors (Lipinski definition) is 1. The molecule has 15 heavy (non-hydrogen) atoms. The Bertz CT molecular complexity index is 339. The lowest BCUT2D eigenvalue weighted by Crippen LogP contribution is -2.30. The molecule has 1 fully saturated rings. The summed E-state index contributed by atoms with van der Waals surface area (Å²) in [5, 5.41) is 3.20. The van der Waals surface area contributed by atoms with Gasteiger partial charge in [0.15, 0.2) is 5.78 Å². The minimum Gasteiger partial charge on any atom is -0.497 e. The van der Waals surface area contributed by atoms with Gasteiger partial charge in [0, 0.05) is 5.56 Å². The molecule has 0 unspecified atom stereocenters. The fourth-order valence-corrected chi connectivity index (χ4v) is 1.86. The van der Waals surface area contributed by atoms with Crippen molar-refractivity contribution in [1.29, 1.82) is 0 Å². The van der Waals surface area contributed by atoms with Crippen LogP contribution in [0.1, 0.15) is 23.2 Å². The highest BCUT2D eigenvalue weighted by atomic mass is 16.5. The van der Waals surface area contributed by atoms with E-state index >= 15 is 0 Å². The van der Waals surface area contributed by atoms with Crippen LogP contribution in [0.5, 0.6) is 5.75 Å². The molecule has 2 rings (SSSR count). The number of rotatable bonds is 3. The third kappa shape index (κ3) is 2.18. The fourth-order valence-electron chi connectivity index (χ4n) is 1.86. The van der Waals surface area contributed by atoms with Crippen LogP contribution in [0.25, 0.3) is 0 Å². The maximum atomic E-state index is 11.9. The van der Waals surface area contributed by atoms with Gasteiger partial charge in [-0.1, -0.05) is 0 Å². The summed E-state index contributed by atoms with van der Waals surface area (Å²) in [6, 6.07) is 7.30. The highest BCUT2D eigenvalue weighted by Gasteiger charge is 2.22. The number of hydrogen-bond acceptors (Lipinski definition) is 3. The second-order valence-electron chi connectivity index (χ2n) is 3.74. The minimum absolute atomic E-state index is 0.0124. The Morgan fingerprint density at radius 1 is 1.40 bits per heavy atom. The molecule has 1 N–H and O–H groups in total. The van der Waals surface area contributed by atoms with Gasteiger partial charge in [-0.2, -0.15) is 0 Å². The Labute approximate surface area is 89.4 Å². The van der Waals surface area contributed by atoms with Crippen LogP contribution in [0, 0.1) is 0 Å². The SMILES string of the molecule is COc1ccc(C(=O)[C@H]2CCCN2)cc1. The van der Waals surface area contributed by atoms with E-state index in [1.807, 2.05) is 24.3 Å². The van der Waals surface area contributed by atoms with Crippen LogP contribution in [0.15, 0.2) is 24.3 Å². The molecule has 80 valence electrons. The molecule has 3 nitrogen and oxygen atoms in total. The van der Waals surface area contributed by atoms with Crippen molar-refractivity contribution in [1.82, 2.24) is 5.32 Å². The molecule has 0 spiro atoms. The maximum Gasteiger partial charge on any atom is 0.179 e. The molecule has 0 radical (unpaired) electrons. The van der Waals surface area contributed by atoms with Gasteiger partial charge >= 0.3 is 0 Å². The standard InChI is InChI=1S/C12H15NO2/c1-15-10-6-4-9(5-7-10)12(14)11-3-2-8-13-11/h4-7,11,13H,2-3,8H2,1H3/t11-/m1/s1. The first-order valence-electron chi connectivity index (χ1n) is 5.23. The molecule has 1 atom stereocenters. The number of methoxy groups -OCH3 is 1. The number of carbonyl (C=O) groups is 1. The largest absolute Gasteiger partial charge is 0.497 e. The Morgan fingerprint density at radius 3 is 2.67 bits per heavy atom. The number of ether oxygens (including phenoxy) is 1. The van der Waals surface area contributed by atoms with Crippen molar-refractivity contribution in [3.05, 3.63) is 29.8 Å². The summed E-state index contributed by atoms with van der Waals surface area (Å²) in [5.41, 5.74) is 0.759. The van der Waals surface area contributed by atoms with Crippen LogP contribution in [0.3, 0.4) is 0 Å². The van der Waals surface area contributed by atoms with E-state index in [9.17, 15) is 4.79 Å². The van der Waals surface area contributed by atoms with Gasteiger partial charge in [0.1, 0.15) is 5.75 Å². The van der Waals surface area contributed by atoms with Gasteiger partial charge in [0.2, 0.25) is 0 Å². The first-order chi connectivity index (χ1) is 7.31. The van der Waals surface area contributed by atoms with Gasteiger partial charge in [-0.3, -0.25) is 4.79 Å². The van der Waals surface area contributed by atoms with Crippen LogP contribution in [-0.2, 0) is 0 Å². The predicted octanol–water partition coefficient (Wildman–Crippen LogP) is 1.63. The Morgan fingerprint density at radius 2 is 2.13 bits per heavy atom.